The number of anilines is 1. The molecule has 0 unspecified atom stereocenters. The van der Waals surface area contributed by atoms with E-state index in [1.807, 2.05) is 0 Å². The van der Waals surface area contributed by atoms with E-state index < -0.39 is 5.76 Å². The average Bonchev–Trinajstić information content (AvgIpc) is 2.84. The number of pyridine rings is 1. The van der Waals surface area contributed by atoms with E-state index >= 15 is 0 Å². The summed E-state index contributed by atoms with van der Waals surface area (Å²) in [6, 6.07) is 6.94. The van der Waals surface area contributed by atoms with Gasteiger partial charge in [-0.1, -0.05) is 23.4 Å². The topological polar surface area (TPSA) is 38.1 Å². The highest BCUT2D eigenvalue weighted by molar-refractivity contribution is 7.98. The predicted octanol–water partition coefficient (Wildman–Crippen LogP) is 4.40. The van der Waals surface area contributed by atoms with Crippen molar-refractivity contribution >= 4 is 29.1 Å². The summed E-state index contributed by atoms with van der Waals surface area (Å²) in [5.74, 6) is -0.997. The number of nitrogens with one attached hydrogen (secondary N) is 1. The van der Waals surface area contributed by atoms with Crippen LogP contribution in [0.2, 0.25) is 5.15 Å². The zero-order valence-corrected chi connectivity index (χ0v) is 11.3. The van der Waals surface area contributed by atoms with Crippen LogP contribution in [-0.2, 0) is 12.3 Å². The molecule has 0 saturated carbocycles. The van der Waals surface area contributed by atoms with Gasteiger partial charge in [0.2, 0.25) is 0 Å². The third kappa shape index (κ3) is 4.72. The van der Waals surface area contributed by atoms with Gasteiger partial charge in [-0.15, -0.1) is 0 Å². The number of thioether (sulfide) groups is 1. The summed E-state index contributed by atoms with van der Waals surface area (Å²) < 4.78 is 29.5. The lowest BCUT2D eigenvalue weighted by Crippen LogP contribution is -1.98. The lowest BCUT2D eigenvalue weighted by atomic mass is 10.4. The van der Waals surface area contributed by atoms with Crippen LogP contribution < -0.4 is 5.32 Å². The molecule has 0 amide bonds. The molecule has 2 aromatic heterocycles. The van der Waals surface area contributed by atoms with E-state index in [9.17, 15) is 8.78 Å². The largest absolute Gasteiger partial charge is 0.463 e. The van der Waals surface area contributed by atoms with Crippen LogP contribution >= 0.6 is 23.4 Å². The molecule has 0 saturated heterocycles. The molecule has 0 aliphatic heterocycles. The highest BCUT2D eigenvalue weighted by Crippen LogP contribution is 2.21. The van der Waals surface area contributed by atoms with E-state index in [-0.39, 0.29) is 5.75 Å². The van der Waals surface area contributed by atoms with Crippen LogP contribution in [0.15, 0.2) is 34.9 Å². The first kappa shape index (κ1) is 14.1. The third-order valence-corrected chi connectivity index (χ3v) is 3.19. The maximum atomic E-state index is 12.0. The first-order valence-corrected chi connectivity index (χ1v) is 6.89. The van der Waals surface area contributed by atoms with Gasteiger partial charge in [0.15, 0.2) is 0 Å². The second-order valence-corrected chi connectivity index (χ2v) is 5.03. The summed E-state index contributed by atoms with van der Waals surface area (Å²) in [4.78, 5) is 3.93. The third-order valence-electron chi connectivity index (χ3n) is 2.26. The minimum Gasteiger partial charge on any atom is -0.463 e. The number of furan rings is 1. The molecule has 0 radical (unpaired) electrons. The number of halogens is 3. The van der Waals surface area contributed by atoms with Crippen molar-refractivity contribution in [3.05, 3.63) is 47.1 Å². The predicted molar refractivity (Wildman–Crippen MR) is 72.6 cm³/mol. The molecule has 0 aliphatic carbocycles. The zero-order chi connectivity index (χ0) is 13.7. The van der Waals surface area contributed by atoms with E-state index in [1.54, 1.807) is 30.5 Å². The molecule has 2 aromatic rings. The molecule has 102 valence electrons. The SMILES string of the molecule is FC(F)SCc1ccc(CNc2ccc(Cl)nc2)o1. The van der Waals surface area contributed by atoms with Crippen LogP contribution in [0.4, 0.5) is 14.5 Å². The fourth-order valence-electron chi connectivity index (χ4n) is 1.41. The summed E-state index contributed by atoms with van der Waals surface area (Å²) in [5.41, 5.74) is 0.810. The maximum absolute atomic E-state index is 12.0. The Kier molecular flexibility index (Phi) is 5.04. The van der Waals surface area contributed by atoms with E-state index in [2.05, 4.69) is 10.3 Å². The number of rotatable bonds is 6. The van der Waals surface area contributed by atoms with Crippen molar-refractivity contribution in [2.75, 3.05) is 5.32 Å². The molecular weight excluding hydrogens is 294 g/mol. The lowest BCUT2D eigenvalue weighted by Gasteiger charge is -2.03. The molecule has 0 atom stereocenters. The Morgan fingerprint density at radius 3 is 2.74 bits per heavy atom. The van der Waals surface area contributed by atoms with Gasteiger partial charge < -0.3 is 9.73 Å². The normalized spacial score (nSPS) is 10.9. The Labute approximate surface area is 118 Å². The molecule has 0 fully saturated rings. The Hall–Kier alpha value is -1.27. The second-order valence-electron chi connectivity index (χ2n) is 3.66. The van der Waals surface area contributed by atoms with Gasteiger partial charge in [-0.2, -0.15) is 8.78 Å². The zero-order valence-electron chi connectivity index (χ0n) is 9.78. The van der Waals surface area contributed by atoms with Gasteiger partial charge in [0.25, 0.3) is 5.76 Å². The van der Waals surface area contributed by atoms with Gasteiger partial charge in [0, 0.05) is 0 Å². The van der Waals surface area contributed by atoms with Gasteiger partial charge >= 0.3 is 0 Å². The van der Waals surface area contributed by atoms with E-state index in [0.717, 1.165) is 5.69 Å². The highest BCUT2D eigenvalue weighted by atomic mass is 35.5. The molecule has 0 aromatic carbocycles. The molecule has 1 N–H and O–H groups in total. The summed E-state index contributed by atoms with van der Waals surface area (Å²) >= 11 is 6.21. The molecule has 0 spiro atoms. The Morgan fingerprint density at radius 2 is 2.05 bits per heavy atom. The molecule has 7 heteroatoms. The number of hydrogen-bond donors (Lipinski definition) is 1. The minimum atomic E-state index is -2.38. The van der Waals surface area contributed by atoms with Crippen molar-refractivity contribution in [1.29, 1.82) is 0 Å². The number of aromatic nitrogens is 1. The molecule has 0 aliphatic rings. The van der Waals surface area contributed by atoms with Crippen molar-refractivity contribution < 1.29 is 13.2 Å². The Balaban J connectivity index is 1.84. The van der Waals surface area contributed by atoms with Gasteiger partial charge in [-0.05, 0) is 24.3 Å². The van der Waals surface area contributed by atoms with Crippen molar-refractivity contribution in [2.45, 2.75) is 18.1 Å². The highest BCUT2D eigenvalue weighted by Gasteiger charge is 2.07. The molecular formula is C12H11ClF2N2OS. The van der Waals surface area contributed by atoms with Crippen LogP contribution in [-0.4, -0.2) is 10.7 Å². The van der Waals surface area contributed by atoms with Gasteiger partial charge in [-0.3, -0.25) is 0 Å². The van der Waals surface area contributed by atoms with Crippen molar-refractivity contribution in [3.63, 3.8) is 0 Å². The van der Waals surface area contributed by atoms with Crippen molar-refractivity contribution in [3.8, 4) is 0 Å². The van der Waals surface area contributed by atoms with Crippen LogP contribution in [0.5, 0.6) is 0 Å². The molecule has 19 heavy (non-hydrogen) atoms. The van der Waals surface area contributed by atoms with Gasteiger partial charge in [0.1, 0.15) is 16.7 Å². The number of hydrogen-bond acceptors (Lipinski definition) is 4. The second kappa shape index (κ2) is 6.77. The lowest BCUT2D eigenvalue weighted by molar-refractivity contribution is 0.251. The van der Waals surface area contributed by atoms with E-state index in [0.29, 0.717) is 35.0 Å². The average molecular weight is 305 g/mol. The van der Waals surface area contributed by atoms with Gasteiger partial charge in [0.05, 0.1) is 24.2 Å². The quantitative estimate of drug-likeness (QED) is 0.803. The van der Waals surface area contributed by atoms with E-state index in [4.69, 9.17) is 16.0 Å². The van der Waals surface area contributed by atoms with Crippen molar-refractivity contribution in [1.82, 2.24) is 4.98 Å². The van der Waals surface area contributed by atoms with Crippen molar-refractivity contribution in [2.24, 2.45) is 0 Å². The minimum absolute atomic E-state index is 0.167. The number of nitrogens with zero attached hydrogens (tertiary/aromatic N) is 1. The summed E-state index contributed by atoms with van der Waals surface area (Å²) in [7, 11) is 0. The standard InChI is InChI=1S/C12H11ClF2N2OS/c13-11-4-1-8(5-17-11)16-6-9-2-3-10(18-9)7-19-12(14)15/h1-5,12,16H,6-7H2. The van der Waals surface area contributed by atoms with Crippen LogP contribution in [0.1, 0.15) is 11.5 Å². The van der Waals surface area contributed by atoms with Crippen LogP contribution in [0.25, 0.3) is 0 Å². The molecule has 3 nitrogen and oxygen atoms in total. The number of alkyl halides is 2. The van der Waals surface area contributed by atoms with Crippen LogP contribution in [0.3, 0.4) is 0 Å². The maximum Gasteiger partial charge on any atom is 0.284 e. The summed E-state index contributed by atoms with van der Waals surface area (Å²) in [6.45, 7) is 0.461. The van der Waals surface area contributed by atoms with Gasteiger partial charge in [-0.25, -0.2) is 4.98 Å². The Morgan fingerprint density at radius 1 is 1.26 bits per heavy atom. The first-order valence-electron chi connectivity index (χ1n) is 5.46. The fourth-order valence-corrected chi connectivity index (χ4v) is 1.97. The van der Waals surface area contributed by atoms with E-state index in [1.165, 1.54) is 0 Å². The molecule has 0 bridgehead atoms. The first-order chi connectivity index (χ1) is 9.13. The Bertz CT molecular complexity index is 519. The summed E-state index contributed by atoms with van der Waals surface area (Å²) in [5, 5.41) is 3.52. The molecule has 2 rings (SSSR count). The summed E-state index contributed by atoms with van der Waals surface area (Å²) in [6.07, 6.45) is 1.61. The monoisotopic (exact) mass is 304 g/mol. The fraction of sp³-hybridized carbons (Fsp3) is 0.250. The van der Waals surface area contributed by atoms with Crippen LogP contribution in [0, 0.1) is 0 Å². The molecule has 2 heterocycles. The smallest absolute Gasteiger partial charge is 0.284 e.